The van der Waals surface area contributed by atoms with Crippen molar-refractivity contribution in [3.8, 4) is 0 Å². The van der Waals surface area contributed by atoms with Crippen LogP contribution in [-0.4, -0.2) is 8.42 Å². The highest BCUT2D eigenvalue weighted by Crippen LogP contribution is 2.27. The standard InChI is InChI=1S/C8H8BrClO2S/c1-5-3-7(9)6(2)8(4-5)13(10,11)12/h3-4H,1-2H3. The summed E-state index contributed by atoms with van der Waals surface area (Å²) in [5, 5.41) is 0. The Balaban J connectivity index is 3.56. The van der Waals surface area contributed by atoms with E-state index in [1.165, 1.54) is 0 Å². The van der Waals surface area contributed by atoms with E-state index in [0.717, 1.165) is 10.0 Å². The molecule has 2 nitrogen and oxygen atoms in total. The molecule has 0 unspecified atom stereocenters. The number of hydrogen-bond acceptors (Lipinski definition) is 2. The summed E-state index contributed by atoms with van der Waals surface area (Å²) in [6.45, 7) is 3.52. The highest BCUT2D eigenvalue weighted by molar-refractivity contribution is 9.10. The zero-order chi connectivity index (χ0) is 10.2. The summed E-state index contributed by atoms with van der Waals surface area (Å²) in [6.07, 6.45) is 0. The quantitative estimate of drug-likeness (QED) is 0.743. The molecular formula is C8H8BrClO2S. The lowest BCUT2D eigenvalue weighted by Crippen LogP contribution is -1.96. The Bertz CT molecular complexity index is 440. The molecular weight excluding hydrogens is 276 g/mol. The molecule has 1 aromatic rings. The number of rotatable bonds is 1. The second kappa shape index (κ2) is 3.59. The van der Waals surface area contributed by atoms with E-state index in [2.05, 4.69) is 15.9 Å². The maximum Gasteiger partial charge on any atom is 0.261 e. The topological polar surface area (TPSA) is 34.1 Å². The molecule has 1 rings (SSSR count). The lowest BCUT2D eigenvalue weighted by molar-refractivity contribution is 0.609. The summed E-state index contributed by atoms with van der Waals surface area (Å²) in [5.74, 6) is 0. The van der Waals surface area contributed by atoms with Crippen LogP contribution in [0.5, 0.6) is 0 Å². The van der Waals surface area contributed by atoms with Gasteiger partial charge in [0.2, 0.25) is 0 Å². The molecule has 13 heavy (non-hydrogen) atoms. The Morgan fingerprint density at radius 1 is 1.31 bits per heavy atom. The zero-order valence-corrected chi connectivity index (χ0v) is 10.3. The predicted molar refractivity (Wildman–Crippen MR) is 56.7 cm³/mol. The van der Waals surface area contributed by atoms with Crippen molar-refractivity contribution >= 4 is 35.7 Å². The lowest BCUT2D eigenvalue weighted by Gasteiger charge is -2.05. The third-order valence-electron chi connectivity index (χ3n) is 1.70. The fourth-order valence-corrected chi connectivity index (χ4v) is 3.02. The summed E-state index contributed by atoms with van der Waals surface area (Å²) >= 11 is 3.27. The van der Waals surface area contributed by atoms with E-state index in [1.54, 1.807) is 13.0 Å². The molecule has 5 heteroatoms. The van der Waals surface area contributed by atoms with E-state index in [0.29, 0.717) is 5.56 Å². The molecule has 0 saturated heterocycles. The monoisotopic (exact) mass is 282 g/mol. The Hall–Kier alpha value is -0.0600. The van der Waals surface area contributed by atoms with Crippen molar-refractivity contribution in [1.29, 1.82) is 0 Å². The molecule has 0 aliphatic heterocycles. The van der Waals surface area contributed by atoms with Gasteiger partial charge in [-0.15, -0.1) is 0 Å². The number of hydrogen-bond donors (Lipinski definition) is 0. The molecule has 0 bridgehead atoms. The molecule has 0 aliphatic rings. The first-order valence-corrected chi connectivity index (χ1v) is 6.64. The largest absolute Gasteiger partial charge is 0.261 e. The van der Waals surface area contributed by atoms with Crippen molar-refractivity contribution in [2.75, 3.05) is 0 Å². The van der Waals surface area contributed by atoms with Crippen LogP contribution < -0.4 is 0 Å². The highest BCUT2D eigenvalue weighted by Gasteiger charge is 2.15. The molecule has 0 radical (unpaired) electrons. The Morgan fingerprint density at radius 2 is 1.85 bits per heavy atom. The first-order chi connectivity index (χ1) is 5.82. The van der Waals surface area contributed by atoms with Crippen LogP contribution >= 0.6 is 26.6 Å². The van der Waals surface area contributed by atoms with Crippen LogP contribution in [0, 0.1) is 13.8 Å². The zero-order valence-electron chi connectivity index (χ0n) is 7.14. The molecule has 0 amide bonds. The normalized spacial score (nSPS) is 11.7. The van der Waals surface area contributed by atoms with Crippen LogP contribution in [0.2, 0.25) is 0 Å². The first kappa shape index (κ1) is 11.0. The lowest BCUT2D eigenvalue weighted by atomic mass is 10.2. The molecule has 0 saturated carbocycles. The Labute approximate surface area is 90.5 Å². The average Bonchev–Trinajstić information content (AvgIpc) is 1.94. The van der Waals surface area contributed by atoms with Crippen molar-refractivity contribution in [3.05, 3.63) is 27.7 Å². The van der Waals surface area contributed by atoms with E-state index in [-0.39, 0.29) is 4.90 Å². The van der Waals surface area contributed by atoms with Crippen LogP contribution in [0.3, 0.4) is 0 Å². The molecule has 72 valence electrons. The second-order valence-electron chi connectivity index (χ2n) is 2.81. The van der Waals surface area contributed by atoms with Crippen LogP contribution in [0.1, 0.15) is 11.1 Å². The number of halogens is 2. The summed E-state index contributed by atoms with van der Waals surface area (Å²) in [6, 6.07) is 3.41. The van der Waals surface area contributed by atoms with Gasteiger partial charge in [0.25, 0.3) is 9.05 Å². The minimum absolute atomic E-state index is 0.168. The third-order valence-corrected chi connectivity index (χ3v) is 3.98. The van der Waals surface area contributed by atoms with E-state index < -0.39 is 9.05 Å². The van der Waals surface area contributed by atoms with Gasteiger partial charge in [0.1, 0.15) is 0 Å². The SMILES string of the molecule is Cc1cc(Br)c(C)c(S(=O)(=O)Cl)c1. The summed E-state index contributed by atoms with van der Waals surface area (Å²) in [7, 11) is 1.62. The van der Waals surface area contributed by atoms with E-state index in [9.17, 15) is 8.42 Å². The average molecular weight is 284 g/mol. The number of benzene rings is 1. The van der Waals surface area contributed by atoms with Gasteiger partial charge in [0.15, 0.2) is 0 Å². The summed E-state index contributed by atoms with van der Waals surface area (Å²) < 4.78 is 23.0. The van der Waals surface area contributed by atoms with Gasteiger partial charge in [-0.25, -0.2) is 8.42 Å². The summed E-state index contributed by atoms with van der Waals surface area (Å²) in [4.78, 5) is 0.168. The van der Waals surface area contributed by atoms with Gasteiger partial charge in [-0.2, -0.15) is 0 Å². The Morgan fingerprint density at radius 3 is 2.31 bits per heavy atom. The van der Waals surface area contributed by atoms with E-state index >= 15 is 0 Å². The number of aryl methyl sites for hydroxylation is 1. The van der Waals surface area contributed by atoms with Crippen LogP contribution in [0.25, 0.3) is 0 Å². The van der Waals surface area contributed by atoms with Crippen LogP contribution in [0.4, 0.5) is 0 Å². The van der Waals surface area contributed by atoms with Gasteiger partial charge in [-0.1, -0.05) is 15.9 Å². The first-order valence-electron chi connectivity index (χ1n) is 3.54. The second-order valence-corrected chi connectivity index (χ2v) is 6.20. The van der Waals surface area contributed by atoms with Crippen LogP contribution in [-0.2, 0) is 9.05 Å². The van der Waals surface area contributed by atoms with Crippen molar-refractivity contribution in [2.24, 2.45) is 0 Å². The fraction of sp³-hybridized carbons (Fsp3) is 0.250. The maximum atomic E-state index is 11.1. The van der Waals surface area contributed by atoms with Gasteiger partial charge in [-0.3, -0.25) is 0 Å². The molecule has 0 fully saturated rings. The van der Waals surface area contributed by atoms with Gasteiger partial charge in [-0.05, 0) is 37.1 Å². The van der Waals surface area contributed by atoms with Crippen LogP contribution in [0.15, 0.2) is 21.5 Å². The van der Waals surface area contributed by atoms with E-state index in [4.69, 9.17) is 10.7 Å². The molecule has 0 aliphatic carbocycles. The molecule has 0 spiro atoms. The minimum atomic E-state index is -3.64. The predicted octanol–water partition coefficient (Wildman–Crippen LogP) is 2.99. The molecule has 0 aromatic heterocycles. The Kier molecular flexibility index (Phi) is 3.05. The smallest absolute Gasteiger partial charge is 0.207 e. The van der Waals surface area contributed by atoms with Crippen molar-refractivity contribution < 1.29 is 8.42 Å². The highest BCUT2D eigenvalue weighted by atomic mass is 79.9. The van der Waals surface area contributed by atoms with Gasteiger partial charge < -0.3 is 0 Å². The summed E-state index contributed by atoms with van der Waals surface area (Å²) in [5.41, 5.74) is 1.50. The maximum absolute atomic E-state index is 11.1. The van der Waals surface area contributed by atoms with E-state index in [1.807, 2.05) is 13.0 Å². The van der Waals surface area contributed by atoms with Crippen molar-refractivity contribution in [1.82, 2.24) is 0 Å². The third kappa shape index (κ3) is 2.45. The molecule has 0 N–H and O–H groups in total. The van der Waals surface area contributed by atoms with Gasteiger partial charge in [0, 0.05) is 15.2 Å². The van der Waals surface area contributed by atoms with Crippen molar-refractivity contribution in [3.63, 3.8) is 0 Å². The van der Waals surface area contributed by atoms with Gasteiger partial charge in [0.05, 0.1) is 4.90 Å². The van der Waals surface area contributed by atoms with Crippen molar-refractivity contribution in [2.45, 2.75) is 18.7 Å². The molecule has 0 atom stereocenters. The minimum Gasteiger partial charge on any atom is -0.207 e. The molecule has 1 aromatic carbocycles. The van der Waals surface area contributed by atoms with Gasteiger partial charge >= 0.3 is 0 Å². The molecule has 0 heterocycles. The fourth-order valence-electron chi connectivity index (χ4n) is 1.04.